The van der Waals surface area contributed by atoms with Crippen LogP contribution in [0.15, 0.2) is 29.3 Å². The Balaban J connectivity index is 1.60. The number of aliphatic imine (C=N–C) groups is 1. The molecule has 5 nitrogen and oxygen atoms in total. The number of hydrogen-bond donors (Lipinski definition) is 2. The molecule has 1 fully saturated rings. The molecule has 24 heavy (non-hydrogen) atoms. The van der Waals surface area contributed by atoms with Crippen LogP contribution in [0.1, 0.15) is 25.3 Å². The molecule has 0 bridgehead atoms. The van der Waals surface area contributed by atoms with E-state index < -0.39 is 0 Å². The molecule has 1 saturated heterocycles. The number of ether oxygens (including phenoxy) is 2. The van der Waals surface area contributed by atoms with Gasteiger partial charge in [0.2, 0.25) is 0 Å². The summed E-state index contributed by atoms with van der Waals surface area (Å²) in [4.78, 5) is 4.22. The van der Waals surface area contributed by atoms with Gasteiger partial charge in [-0.15, -0.1) is 0 Å². The predicted octanol–water partition coefficient (Wildman–Crippen LogP) is 2.12. The van der Waals surface area contributed by atoms with Crippen LogP contribution >= 0.6 is 0 Å². The number of nitrogens with zero attached hydrogens (tertiary/aromatic N) is 1. The van der Waals surface area contributed by atoms with Gasteiger partial charge in [-0.2, -0.15) is 0 Å². The van der Waals surface area contributed by atoms with E-state index in [0.717, 1.165) is 43.9 Å². The fraction of sp³-hybridized carbons (Fsp3) is 0.611. The Morgan fingerprint density at radius 1 is 1.50 bits per heavy atom. The molecule has 0 aromatic heterocycles. The molecule has 1 heterocycles. The summed E-state index contributed by atoms with van der Waals surface area (Å²) in [5.74, 6) is 0.576. The summed E-state index contributed by atoms with van der Waals surface area (Å²) in [5, 5.41) is 6.59. The second-order valence-corrected chi connectivity index (χ2v) is 6.10. The first-order valence-electron chi connectivity index (χ1n) is 8.58. The number of hydrogen-bond acceptors (Lipinski definition) is 3. The van der Waals surface area contributed by atoms with Crippen LogP contribution in [0, 0.1) is 5.82 Å². The molecule has 1 aliphatic heterocycles. The Morgan fingerprint density at radius 3 is 3.08 bits per heavy atom. The van der Waals surface area contributed by atoms with Crippen LogP contribution in [-0.2, 0) is 15.9 Å². The van der Waals surface area contributed by atoms with Gasteiger partial charge in [0.15, 0.2) is 5.96 Å². The summed E-state index contributed by atoms with van der Waals surface area (Å²) in [5.41, 5.74) is 1.01. The minimum Gasteiger partial charge on any atom is -0.379 e. The van der Waals surface area contributed by atoms with Gasteiger partial charge in [-0.05, 0) is 43.9 Å². The van der Waals surface area contributed by atoms with Crippen molar-refractivity contribution in [2.24, 2.45) is 4.99 Å². The molecule has 2 atom stereocenters. The topological polar surface area (TPSA) is 54.9 Å². The number of rotatable bonds is 8. The van der Waals surface area contributed by atoms with Crippen molar-refractivity contribution in [1.82, 2.24) is 10.6 Å². The first-order chi connectivity index (χ1) is 11.7. The highest BCUT2D eigenvalue weighted by Gasteiger charge is 2.17. The average molecular weight is 337 g/mol. The van der Waals surface area contributed by atoms with Crippen LogP contribution in [0.25, 0.3) is 0 Å². The van der Waals surface area contributed by atoms with Crippen LogP contribution in [-0.4, -0.2) is 51.5 Å². The zero-order valence-electron chi connectivity index (χ0n) is 14.6. The van der Waals surface area contributed by atoms with E-state index in [-0.39, 0.29) is 18.0 Å². The third-order valence-electron chi connectivity index (χ3n) is 3.90. The lowest BCUT2D eigenvalue weighted by Crippen LogP contribution is -2.44. The predicted molar refractivity (Wildman–Crippen MR) is 93.9 cm³/mol. The maximum Gasteiger partial charge on any atom is 0.191 e. The molecule has 1 aromatic rings. The van der Waals surface area contributed by atoms with Crippen LogP contribution in [0.2, 0.25) is 0 Å². The van der Waals surface area contributed by atoms with Gasteiger partial charge in [0.25, 0.3) is 0 Å². The largest absolute Gasteiger partial charge is 0.379 e. The summed E-state index contributed by atoms with van der Waals surface area (Å²) in [6.45, 7) is 4.95. The smallest absolute Gasteiger partial charge is 0.191 e. The van der Waals surface area contributed by atoms with E-state index in [9.17, 15) is 4.39 Å². The lowest BCUT2D eigenvalue weighted by Gasteiger charge is -2.19. The summed E-state index contributed by atoms with van der Waals surface area (Å²) >= 11 is 0. The van der Waals surface area contributed by atoms with Gasteiger partial charge in [0, 0.05) is 26.2 Å². The van der Waals surface area contributed by atoms with Crippen molar-refractivity contribution in [3.05, 3.63) is 35.6 Å². The number of aryl methyl sites for hydroxylation is 1. The molecule has 6 heteroatoms. The molecule has 0 radical (unpaired) electrons. The maximum absolute atomic E-state index is 13.1. The van der Waals surface area contributed by atoms with Crippen LogP contribution in [0.3, 0.4) is 0 Å². The Labute approximate surface area is 143 Å². The molecular formula is C18H28FN3O2. The number of halogens is 1. The van der Waals surface area contributed by atoms with Crippen molar-refractivity contribution in [3.8, 4) is 0 Å². The molecule has 2 unspecified atom stereocenters. The highest BCUT2D eigenvalue weighted by Crippen LogP contribution is 2.08. The van der Waals surface area contributed by atoms with Crippen molar-refractivity contribution in [2.45, 2.75) is 38.3 Å². The van der Waals surface area contributed by atoms with E-state index >= 15 is 0 Å². The molecule has 0 aliphatic carbocycles. The van der Waals surface area contributed by atoms with Gasteiger partial charge in [0.1, 0.15) is 5.82 Å². The monoisotopic (exact) mass is 337 g/mol. The zero-order valence-corrected chi connectivity index (χ0v) is 14.6. The Bertz CT molecular complexity index is 519. The summed E-state index contributed by atoms with van der Waals surface area (Å²) < 4.78 is 24.2. The molecule has 0 spiro atoms. The molecule has 134 valence electrons. The van der Waals surface area contributed by atoms with Crippen molar-refractivity contribution in [2.75, 3.05) is 33.4 Å². The summed E-state index contributed by atoms with van der Waals surface area (Å²) in [7, 11) is 1.75. The summed E-state index contributed by atoms with van der Waals surface area (Å²) in [6.07, 6.45) is 2.94. The third kappa shape index (κ3) is 6.84. The van der Waals surface area contributed by atoms with Crippen LogP contribution in [0.5, 0.6) is 0 Å². The van der Waals surface area contributed by atoms with E-state index in [2.05, 4.69) is 22.5 Å². The zero-order chi connectivity index (χ0) is 17.2. The molecule has 0 saturated carbocycles. The van der Waals surface area contributed by atoms with Crippen LogP contribution in [0.4, 0.5) is 4.39 Å². The Kier molecular flexibility index (Phi) is 7.98. The normalized spacial score (nSPS) is 19.3. The van der Waals surface area contributed by atoms with Gasteiger partial charge in [-0.1, -0.05) is 12.1 Å². The quantitative estimate of drug-likeness (QED) is 0.433. The second kappa shape index (κ2) is 10.3. The Morgan fingerprint density at radius 2 is 2.38 bits per heavy atom. The van der Waals surface area contributed by atoms with E-state index in [1.807, 2.05) is 6.07 Å². The lowest BCUT2D eigenvalue weighted by molar-refractivity contribution is 0.0347. The fourth-order valence-electron chi connectivity index (χ4n) is 2.59. The van der Waals surface area contributed by atoms with Gasteiger partial charge in [-0.3, -0.25) is 4.99 Å². The van der Waals surface area contributed by atoms with E-state index in [4.69, 9.17) is 9.47 Å². The second-order valence-electron chi connectivity index (χ2n) is 6.10. The highest BCUT2D eigenvalue weighted by atomic mass is 19.1. The SMILES string of the molecule is CN=C(NCCCc1cccc(F)c1)NC(C)COC1CCOC1. The first kappa shape index (κ1) is 18.7. The van der Waals surface area contributed by atoms with E-state index in [0.29, 0.717) is 13.2 Å². The molecule has 2 rings (SSSR count). The van der Waals surface area contributed by atoms with Gasteiger partial charge in [0.05, 0.1) is 19.3 Å². The highest BCUT2D eigenvalue weighted by molar-refractivity contribution is 5.79. The minimum absolute atomic E-state index is 0.167. The fourth-order valence-corrected chi connectivity index (χ4v) is 2.59. The molecular weight excluding hydrogens is 309 g/mol. The van der Waals surface area contributed by atoms with Crippen molar-refractivity contribution in [3.63, 3.8) is 0 Å². The van der Waals surface area contributed by atoms with Gasteiger partial charge < -0.3 is 20.1 Å². The average Bonchev–Trinajstić information content (AvgIpc) is 3.09. The van der Waals surface area contributed by atoms with Crippen LogP contribution < -0.4 is 10.6 Å². The lowest BCUT2D eigenvalue weighted by atomic mass is 10.1. The van der Waals surface area contributed by atoms with Crippen molar-refractivity contribution in [1.29, 1.82) is 0 Å². The standard InChI is InChI=1S/C18H28FN3O2/c1-14(12-24-17-8-10-23-13-17)22-18(20-2)21-9-4-6-15-5-3-7-16(19)11-15/h3,5,7,11,14,17H,4,6,8-10,12-13H2,1-2H3,(H2,20,21,22). The summed E-state index contributed by atoms with van der Waals surface area (Å²) in [6, 6.07) is 6.91. The minimum atomic E-state index is -0.181. The first-order valence-corrected chi connectivity index (χ1v) is 8.58. The number of benzene rings is 1. The molecule has 1 aliphatic rings. The number of nitrogens with one attached hydrogen (secondary N) is 2. The molecule has 2 N–H and O–H groups in total. The van der Waals surface area contributed by atoms with Crippen molar-refractivity contribution >= 4 is 5.96 Å². The van der Waals surface area contributed by atoms with E-state index in [1.54, 1.807) is 19.2 Å². The number of guanidine groups is 1. The van der Waals surface area contributed by atoms with Gasteiger partial charge in [-0.25, -0.2) is 4.39 Å². The third-order valence-corrected chi connectivity index (χ3v) is 3.90. The maximum atomic E-state index is 13.1. The van der Waals surface area contributed by atoms with Gasteiger partial charge >= 0.3 is 0 Å². The molecule has 0 amide bonds. The molecule has 1 aromatic carbocycles. The van der Waals surface area contributed by atoms with Crippen molar-refractivity contribution < 1.29 is 13.9 Å². The van der Waals surface area contributed by atoms with E-state index in [1.165, 1.54) is 6.07 Å². The Hall–Kier alpha value is -1.66.